The highest BCUT2D eigenvalue weighted by Gasteiger charge is 2.30. The van der Waals surface area contributed by atoms with Crippen molar-refractivity contribution in [3.05, 3.63) is 17.5 Å². The molecule has 1 saturated heterocycles. The Morgan fingerprint density at radius 1 is 1.58 bits per heavy atom. The molecule has 6 nitrogen and oxygen atoms in total. The van der Waals surface area contributed by atoms with E-state index in [0.717, 1.165) is 6.07 Å². The number of hydrogen-bond donors (Lipinski definition) is 2. The number of amides is 2. The number of nitrogens with one attached hydrogen (secondary N) is 2. The van der Waals surface area contributed by atoms with Gasteiger partial charge in [-0.05, 0) is 19.4 Å². The van der Waals surface area contributed by atoms with Crippen molar-refractivity contribution in [2.75, 3.05) is 13.1 Å². The largest absolute Gasteiger partial charge is 0.354 e. The lowest BCUT2D eigenvalue weighted by Gasteiger charge is -2.24. The Hall–Kier alpha value is -1.99. The van der Waals surface area contributed by atoms with Crippen molar-refractivity contribution in [3.63, 3.8) is 0 Å². The summed E-state index contributed by atoms with van der Waals surface area (Å²) in [6.07, 6.45) is -2.09. The molecule has 0 aliphatic carbocycles. The average Bonchev–Trinajstić information content (AvgIpc) is 2.80. The SMILES string of the molecule is C[C@H]1C(=O)NCCCN1C(=O)c1cc(C(F)F)[nH]n1. The summed E-state index contributed by atoms with van der Waals surface area (Å²) >= 11 is 0. The maximum Gasteiger partial charge on any atom is 0.279 e. The predicted molar refractivity (Wildman–Crippen MR) is 61.7 cm³/mol. The number of rotatable bonds is 2. The maximum atomic E-state index is 12.4. The highest BCUT2D eigenvalue weighted by atomic mass is 19.3. The van der Waals surface area contributed by atoms with E-state index >= 15 is 0 Å². The summed E-state index contributed by atoms with van der Waals surface area (Å²) < 4.78 is 24.9. The van der Waals surface area contributed by atoms with E-state index in [1.54, 1.807) is 6.92 Å². The van der Waals surface area contributed by atoms with Crippen LogP contribution in [0.15, 0.2) is 6.07 Å². The van der Waals surface area contributed by atoms with Gasteiger partial charge < -0.3 is 10.2 Å². The van der Waals surface area contributed by atoms with Gasteiger partial charge in [-0.2, -0.15) is 5.10 Å². The molecule has 2 amide bonds. The Labute approximate surface area is 108 Å². The molecule has 0 unspecified atom stereocenters. The van der Waals surface area contributed by atoms with E-state index in [9.17, 15) is 18.4 Å². The first kappa shape index (κ1) is 13.4. The molecule has 1 aromatic rings. The number of aromatic amines is 1. The Balaban J connectivity index is 2.19. The van der Waals surface area contributed by atoms with Gasteiger partial charge in [-0.25, -0.2) is 8.78 Å². The van der Waals surface area contributed by atoms with E-state index < -0.39 is 24.1 Å². The van der Waals surface area contributed by atoms with Gasteiger partial charge >= 0.3 is 0 Å². The van der Waals surface area contributed by atoms with E-state index in [1.807, 2.05) is 0 Å². The average molecular weight is 272 g/mol. The lowest BCUT2D eigenvalue weighted by atomic mass is 10.2. The number of H-pyrrole nitrogens is 1. The van der Waals surface area contributed by atoms with Crippen LogP contribution in [0.2, 0.25) is 0 Å². The molecule has 0 aromatic carbocycles. The summed E-state index contributed by atoms with van der Waals surface area (Å²) in [4.78, 5) is 25.1. The first-order chi connectivity index (χ1) is 9.00. The normalized spacial score (nSPS) is 20.3. The summed E-state index contributed by atoms with van der Waals surface area (Å²) in [6, 6.07) is 0.379. The van der Waals surface area contributed by atoms with Crippen molar-refractivity contribution < 1.29 is 18.4 Å². The Morgan fingerprint density at radius 3 is 2.95 bits per heavy atom. The van der Waals surface area contributed by atoms with Gasteiger partial charge in [0.25, 0.3) is 12.3 Å². The molecule has 0 radical (unpaired) electrons. The van der Waals surface area contributed by atoms with Gasteiger partial charge in [0.2, 0.25) is 5.91 Å². The Morgan fingerprint density at radius 2 is 2.32 bits per heavy atom. The molecule has 0 saturated carbocycles. The maximum absolute atomic E-state index is 12.4. The lowest BCUT2D eigenvalue weighted by Crippen LogP contribution is -2.45. The lowest BCUT2D eigenvalue weighted by molar-refractivity contribution is -0.124. The van der Waals surface area contributed by atoms with Crippen molar-refractivity contribution >= 4 is 11.8 Å². The molecule has 1 fully saturated rings. The van der Waals surface area contributed by atoms with Crippen LogP contribution in [0, 0.1) is 0 Å². The van der Waals surface area contributed by atoms with Crippen LogP contribution in [0.3, 0.4) is 0 Å². The second-order valence-corrected chi connectivity index (χ2v) is 4.33. The molecule has 2 rings (SSSR count). The molecule has 8 heteroatoms. The number of carbonyl (C=O) groups excluding carboxylic acids is 2. The first-order valence-corrected chi connectivity index (χ1v) is 5.93. The molecule has 0 bridgehead atoms. The molecule has 1 aromatic heterocycles. The molecule has 2 heterocycles. The third kappa shape index (κ3) is 2.72. The molecule has 19 heavy (non-hydrogen) atoms. The van der Waals surface area contributed by atoms with Crippen LogP contribution < -0.4 is 5.32 Å². The number of halogens is 2. The fourth-order valence-electron chi connectivity index (χ4n) is 1.93. The summed E-state index contributed by atoms with van der Waals surface area (Å²) in [5, 5.41) is 8.37. The highest BCUT2D eigenvalue weighted by molar-refractivity contribution is 5.96. The summed E-state index contributed by atoms with van der Waals surface area (Å²) in [5.41, 5.74) is -0.507. The zero-order chi connectivity index (χ0) is 14.0. The topological polar surface area (TPSA) is 78.1 Å². The number of hydrogen-bond acceptors (Lipinski definition) is 3. The molecule has 1 atom stereocenters. The molecule has 104 valence electrons. The molecule has 1 aliphatic rings. The number of carbonyl (C=O) groups is 2. The minimum Gasteiger partial charge on any atom is -0.354 e. The Kier molecular flexibility index (Phi) is 3.77. The number of alkyl halides is 2. The first-order valence-electron chi connectivity index (χ1n) is 5.93. The van der Waals surface area contributed by atoms with Gasteiger partial charge in [-0.15, -0.1) is 0 Å². The Bertz CT molecular complexity index is 489. The van der Waals surface area contributed by atoms with Crippen LogP contribution in [0.1, 0.15) is 36.0 Å². The molecule has 1 aliphatic heterocycles. The highest BCUT2D eigenvalue weighted by Crippen LogP contribution is 2.18. The van der Waals surface area contributed by atoms with Gasteiger partial charge in [0, 0.05) is 13.1 Å². The minimum absolute atomic E-state index is 0.100. The van der Waals surface area contributed by atoms with Crippen LogP contribution in [0.5, 0.6) is 0 Å². The van der Waals surface area contributed by atoms with E-state index in [2.05, 4.69) is 15.5 Å². The van der Waals surface area contributed by atoms with Crippen molar-refractivity contribution in [2.45, 2.75) is 25.8 Å². The molecule has 0 spiro atoms. The fraction of sp³-hybridized carbons (Fsp3) is 0.545. The van der Waals surface area contributed by atoms with Crippen LogP contribution in [0.4, 0.5) is 8.78 Å². The summed E-state index contributed by atoms with van der Waals surface area (Å²) in [7, 11) is 0. The van der Waals surface area contributed by atoms with E-state index in [4.69, 9.17) is 0 Å². The van der Waals surface area contributed by atoms with Crippen LogP contribution in [0.25, 0.3) is 0 Å². The van der Waals surface area contributed by atoms with E-state index in [1.165, 1.54) is 4.90 Å². The van der Waals surface area contributed by atoms with E-state index in [0.29, 0.717) is 19.5 Å². The van der Waals surface area contributed by atoms with Gasteiger partial charge in [-0.1, -0.05) is 0 Å². The minimum atomic E-state index is -2.71. The van der Waals surface area contributed by atoms with Crippen molar-refractivity contribution in [1.82, 2.24) is 20.4 Å². The zero-order valence-corrected chi connectivity index (χ0v) is 10.3. The fourth-order valence-corrected chi connectivity index (χ4v) is 1.93. The number of nitrogens with zero attached hydrogens (tertiary/aromatic N) is 2. The smallest absolute Gasteiger partial charge is 0.279 e. The van der Waals surface area contributed by atoms with E-state index in [-0.39, 0.29) is 11.6 Å². The van der Waals surface area contributed by atoms with Gasteiger partial charge in [0.05, 0.1) is 0 Å². The quantitative estimate of drug-likeness (QED) is 0.831. The molecular formula is C11H14F2N4O2. The standard InChI is InChI=1S/C11H14F2N4O2/c1-6-10(18)14-3-2-4-17(6)11(19)8-5-7(9(12)13)15-16-8/h5-6,9H,2-4H2,1H3,(H,14,18)(H,15,16)/t6-/m0/s1. The predicted octanol–water partition coefficient (Wildman–Crippen LogP) is 0.698. The molecular weight excluding hydrogens is 258 g/mol. The third-order valence-corrected chi connectivity index (χ3v) is 3.03. The van der Waals surface area contributed by atoms with Crippen molar-refractivity contribution in [3.8, 4) is 0 Å². The van der Waals surface area contributed by atoms with Crippen LogP contribution >= 0.6 is 0 Å². The third-order valence-electron chi connectivity index (χ3n) is 3.03. The number of aromatic nitrogens is 2. The van der Waals surface area contributed by atoms with Gasteiger partial charge in [-0.3, -0.25) is 14.7 Å². The summed E-state index contributed by atoms with van der Waals surface area (Å²) in [5.74, 6) is -0.775. The van der Waals surface area contributed by atoms with Gasteiger partial charge in [0.15, 0.2) is 5.69 Å². The second-order valence-electron chi connectivity index (χ2n) is 4.33. The van der Waals surface area contributed by atoms with Crippen molar-refractivity contribution in [2.24, 2.45) is 0 Å². The van der Waals surface area contributed by atoms with Crippen molar-refractivity contribution in [1.29, 1.82) is 0 Å². The monoisotopic (exact) mass is 272 g/mol. The van der Waals surface area contributed by atoms with Crippen LogP contribution in [-0.2, 0) is 4.79 Å². The molecule has 2 N–H and O–H groups in total. The summed E-state index contributed by atoms with van der Waals surface area (Å²) in [6.45, 7) is 2.48. The zero-order valence-electron chi connectivity index (χ0n) is 10.3. The van der Waals surface area contributed by atoms with Crippen LogP contribution in [-0.4, -0.2) is 46.0 Å². The van der Waals surface area contributed by atoms with Gasteiger partial charge in [0.1, 0.15) is 11.7 Å². The second kappa shape index (κ2) is 5.33.